The fraction of sp³-hybridized carbons (Fsp3) is 0.304. The zero-order chi connectivity index (χ0) is 21.9. The Morgan fingerprint density at radius 1 is 1.32 bits per heavy atom. The number of nitrogens with two attached hydrogens (primary N) is 1. The standard InChI is InChI=1S/C23H21N3O5/c1-2-23(30)14-10-16-20-13(9-12-5-3-4-6-15(12)25-20)11-26(16)21(28)19(14)17(31-22(23)29)7-8-18(24)27/h3-6,9-10,17,30H,2,7-8,11H2,1H3,(H2,24,27)/t17?,23-/m0/s1. The van der Waals surface area contributed by atoms with E-state index < -0.39 is 23.6 Å². The molecule has 0 fully saturated rings. The number of ether oxygens (including phenoxy) is 1. The molecule has 0 radical (unpaired) electrons. The van der Waals surface area contributed by atoms with Gasteiger partial charge >= 0.3 is 5.97 Å². The molecule has 1 aromatic carbocycles. The average Bonchev–Trinajstić information content (AvgIpc) is 3.11. The fourth-order valence-corrected chi connectivity index (χ4v) is 4.55. The maximum Gasteiger partial charge on any atom is 0.343 e. The SMILES string of the molecule is CC[C@@]1(O)C(=O)OC(CCC(N)=O)c2c1cc1n(c2=O)Cc2cc3ccccc3nc2-1. The second kappa shape index (κ2) is 6.75. The molecule has 0 bridgehead atoms. The molecule has 31 heavy (non-hydrogen) atoms. The number of rotatable bonds is 4. The molecular weight excluding hydrogens is 398 g/mol. The van der Waals surface area contributed by atoms with E-state index in [9.17, 15) is 19.5 Å². The predicted molar refractivity (Wildman–Crippen MR) is 112 cm³/mol. The number of hydrogen-bond donors (Lipinski definition) is 2. The third kappa shape index (κ3) is 2.79. The molecule has 2 aliphatic heterocycles. The van der Waals surface area contributed by atoms with Gasteiger partial charge in [-0.25, -0.2) is 9.78 Å². The van der Waals surface area contributed by atoms with Crippen LogP contribution in [0, 0.1) is 0 Å². The van der Waals surface area contributed by atoms with Gasteiger partial charge in [0.15, 0.2) is 5.60 Å². The number of para-hydroxylation sites is 1. The molecular formula is C23H21N3O5. The van der Waals surface area contributed by atoms with Crippen LogP contribution in [-0.4, -0.2) is 26.5 Å². The topological polar surface area (TPSA) is 125 Å². The highest BCUT2D eigenvalue weighted by molar-refractivity contribution is 5.86. The number of cyclic esters (lactones) is 1. The van der Waals surface area contributed by atoms with E-state index in [0.29, 0.717) is 17.9 Å². The van der Waals surface area contributed by atoms with Gasteiger partial charge in [0, 0.05) is 22.9 Å². The summed E-state index contributed by atoms with van der Waals surface area (Å²) in [5.41, 5.74) is 6.28. The van der Waals surface area contributed by atoms with Gasteiger partial charge in [-0.1, -0.05) is 25.1 Å². The number of aliphatic hydroxyl groups is 1. The molecule has 158 valence electrons. The van der Waals surface area contributed by atoms with Gasteiger partial charge < -0.3 is 20.1 Å². The van der Waals surface area contributed by atoms with Gasteiger partial charge in [-0.3, -0.25) is 9.59 Å². The number of hydrogen-bond acceptors (Lipinski definition) is 6. The lowest BCUT2D eigenvalue weighted by Crippen LogP contribution is -2.46. The van der Waals surface area contributed by atoms with Crippen LogP contribution in [0.4, 0.5) is 0 Å². The first kappa shape index (κ1) is 19.4. The number of aromatic nitrogens is 2. The third-order valence-electron chi connectivity index (χ3n) is 6.23. The summed E-state index contributed by atoms with van der Waals surface area (Å²) in [6.45, 7) is 1.98. The number of pyridine rings is 2. The highest BCUT2D eigenvalue weighted by Crippen LogP contribution is 2.42. The van der Waals surface area contributed by atoms with Crippen molar-refractivity contribution in [3.63, 3.8) is 0 Å². The third-order valence-corrected chi connectivity index (χ3v) is 6.23. The van der Waals surface area contributed by atoms with E-state index in [1.807, 2.05) is 30.3 Å². The van der Waals surface area contributed by atoms with Gasteiger partial charge in [0.2, 0.25) is 5.91 Å². The molecule has 0 saturated carbocycles. The molecule has 2 aliphatic rings. The van der Waals surface area contributed by atoms with Crippen molar-refractivity contribution in [1.82, 2.24) is 9.55 Å². The molecule has 3 N–H and O–H groups in total. The number of carbonyl (C=O) groups is 2. The highest BCUT2D eigenvalue weighted by atomic mass is 16.6. The van der Waals surface area contributed by atoms with E-state index >= 15 is 0 Å². The molecule has 8 nitrogen and oxygen atoms in total. The Hall–Kier alpha value is -3.52. The van der Waals surface area contributed by atoms with Crippen LogP contribution in [-0.2, 0) is 26.5 Å². The van der Waals surface area contributed by atoms with Gasteiger partial charge in [0.1, 0.15) is 6.10 Å². The Labute approximate surface area is 177 Å². The number of amides is 1. The fourth-order valence-electron chi connectivity index (χ4n) is 4.55. The summed E-state index contributed by atoms with van der Waals surface area (Å²) in [6.07, 6.45) is -0.862. The zero-order valence-electron chi connectivity index (χ0n) is 16.9. The highest BCUT2D eigenvalue weighted by Gasteiger charge is 2.48. The molecule has 4 heterocycles. The average molecular weight is 419 g/mol. The van der Waals surface area contributed by atoms with Crippen LogP contribution < -0.4 is 11.3 Å². The number of benzene rings is 1. The van der Waals surface area contributed by atoms with Gasteiger partial charge in [-0.15, -0.1) is 0 Å². The first-order chi connectivity index (χ1) is 14.8. The lowest BCUT2D eigenvalue weighted by Gasteiger charge is -2.36. The van der Waals surface area contributed by atoms with E-state index in [2.05, 4.69) is 0 Å². The first-order valence-electron chi connectivity index (χ1n) is 10.2. The summed E-state index contributed by atoms with van der Waals surface area (Å²) in [5, 5.41) is 12.1. The molecule has 2 atom stereocenters. The van der Waals surface area contributed by atoms with Crippen LogP contribution in [0.2, 0.25) is 0 Å². The Kier molecular flexibility index (Phi) is 4.23. The Bertz CT molecular complexity index is 1330. The van der Waals surface area contributed by atoms with Crippen molar-refractivity contribution < 1.29 is 19.4 Å². The van der Waals surface area contributed by atoms with Crippen LogP contribution in [0.15, 0.2) is 41.2 Å². The predicted octanol–water partition coefficient (Wildman–Crippen LogP) is 1.89. The Morgan fingerprint density at radius 2 is 2.10 bits per heavy atom. The Balaban J connectivity index is 1.74. The van der Waals surface area contributed by atoms with Gasteiger partial charge in [0.05, 0.1) is 29.0 Å². The molecule has 3 aromatic rings. The number of carbonyl (C=O) groups excluding carboxylic acids is 2. The minimum atomic E-state index is -1.94. The minimum absolute atomic E-state index is 0.0439. The maximum atomic E-state index is 13.5. The van der Waals surface area contributed by atoms with Crippen molar-refractivity contribution in [2.24, 2.45) is 5.73 Å². The van der Waals surface area contributed by atoms with Crippen LogP contribution in [0.5, 0.6) is 0 Å². The summed E-state index contributed by atoms with van der Waals surface area (Å²) < 4.78 is 7.01. The van der Waals surface area contributed by atoms with Crippen molar-refractivity contribution in [1.29, 1.82) is 0 Å². The van der Waals surface area contributed by atoms with E-state index in [1.165, 1.54) is 0 Å². The summed E-state index contributed by atoms with van der Waals surface area (Å²) in [5.74, 6) is -1.38. The van der Waals surface area contributed by atoms with Crippen molar-refractivity contribution in [2.75, 3.05) is 0 Å². The summed E-state index contributed by atoms with van der Waals surface area (Å²) in [4.78, 5) is 42.3. The maximum absolute atomic E-state index is 13.5. The Morgan fingerprint density at radius 3 is 2.84 bits per heavy atom. The molecule has 1 amide bonds. The second-order valence-corrected chi connectivity index (χ2v) is 8.05. The minimum Gasteiger partial charge on any atom is -0.455 e. The lowest BCUT2D eigenvalue weighted by atomic mass is 9.82. The molecule has 8 heteroatoms. The van der Waals surface area contributed by atoms with Crippen molar-refractivity contribution in [3.05, 3.63) is 63.4 Å². The molecule has 2 aromatic heterocycles. The lowest BCUT2D eigenvalue weighted by molar-refractivity contribution is -0.178. The molecule has 1 unspecified atom stereocenters. The number of esters is 1. The van der Waals surface area contributed by atoms with Crippen LogP contribution in [0.25, 0.3) is 22.3 Å². The van der Waals surface area contributed by atoms with E-state index in [-0.39, 0.29) is 35.9 Å². The van der Waals surface area contributed by atoms with Crippen LogP contribution >= 0.6 is 0 Å². The molecule has 0 saturated heterocycles. The summed E-state index contributed by atoms with van der Waals surface area (Å²) >= 11 is 0. The van der Waals surface area contributed by atoms with Gasteiger partial charge in [0.25, 0.3) is 5.56 Å². The van der Waals surface area contributed by atoms with Crippen LogP contribution in [0.1, 0.15) is 49.0 Å². The summed E-state index contributed by atoms with van der Waals surface area (Å²) in [7, 11) is 0. The first-order valence-corrected chi connectivity index (χ1v) is 10.2. The number of fused-ring (bicyclic) bond motifs is 5. The number of primary amides is 1. The number of nitrogens with zero attached hydrogens (tertiary/aromatic N) is 2. The van der Waals surface area contributed by atoms with Crippen molar-refractivity contribution >= 4 is 22.8 Å². The van der Waals surface area contributed by atoms with E-state index in [0.717, 1.165) is 16.5 Å². The van der Waals surface area contributed by atoms with Crippen molar-refractivity contribution in [3.8, 4) is 11.4 Å². The molecule has 5 rings (SSSR count). The van der Waals surface area contributed by atoms with Crippen LogP contribution in [0.3, 0.4) is 0 Å². The molecule has 0 spiro atoms. The largest absolute Gasteiger partial charge is 0.455 e. The second-order valence-electron chi connectivity index (χ2n) is 8.05. The smallest absolute Gasteiger partial charge is 0.343 e. The monoisotopic (exact) mass is 419 g/mol. The van der Waals surface area contributed by atoms with E-state index in [1.54, 1.807) is 17.6 Å². The van der Waals surface area contributed by atoms with Gasteiger partial charge in [-0.05, 0) is 31.0 Å². The van der Waals surface area contributed by atoms with E-state index in [4.69, 9.17) is 15.5 Å². The van der Waals surface area contributed by atoms with Gasteiger partial charge in [-0.2, -0.15) is 0 Å². The van der Waals surface area contributed by atoms with Crippen molar-refractivity contribution in [2.45, 2.75) is 44.4 Å². The summed E-state index contributed by atoms with van der Waals surface area (Å²) in [6, 6.07) is 11.4. The quantitative estimate of drug-likeness (QED) is 0.487. The normalized spacial score (nSPS) is 21.4. The molecule has 0 aliphatic carbocycles. The zero-order valence-corrected chi connectivity index (χ0v) is 16.9.